The molecule has 21 heavy (non-hydrogen) atoms. The fourth-order valence-corrected chi connectivity index (χ4v) is 2.35. The molecule has 0 spiro atoms. The van der Waals surface area contributed by atoms with Crippen molar-refractivity contribution in [3.63, 3.8) is 0 Å². The number of methoxy groups -OCH3 is 1. The minimum Gasteiger partial charge on any atom is -0.481 e. The number of pyridine rings is 2. The van der Waals surface area contributed by atoms with Gasteiger partial charge in [0.15, 0.2) is 0 Å². The fraction of sp³-hybridized carbons (Fsp3) is 0.375. The monoisotopic (exact) mass is 286 g/mol. The van der Waals surface area contributed by atoms with Crippen molar-refractivity contribution in [1.29, 1.82) is 0 Å². The summed E-state index contributed by atoms with van der Waals surface area (Å²) in [6.07, 6.45) is 3.65. The van der Waals surface area contributed by atoms with Crippen molar-refractivity contribution < 1.29 is 4.74 Å². The normalized spacial score (nSPS) is 12.4. The highest BCUT2D eigenvalue weighted by atomic mass is 16.5. The van der Waals surface area contributed by atoms with Crippen molar-refractivity contribution in [3.8, 4) is 5.88 Å². The standard InChI is InChI=1S/C16H22N4O/c1-3-20(12-14-6-4-5-9-18-14)15(10-17)13-7-8-16(21-2)19-11-13/h4-9,11,15H,3,10,12,17H2,1-2H3. The van der Waals surface area contributed by atoms with Crippen LogP contribution < -0.4 is 10.5 Å². The van der Waals surface area contributed by atoms with Crippen LogP contribution in [0.1, 0.15) is 24.2 Å². The molecule has 112 valence electrons. The summed E-state index contributed by atoms with van der Waals surface area (Å²) < 4.78 is 5.10. The number of hydrogen-bond acceptors (Lipinski definition) is 5. The van der Waals surface area contributed by atoms with Crippen LogP contribution in [0.25, 0.3) is 0 Å². The Hall–Kier alpha value is -1.98. The van der Waals surface area contributed by atoms with E-state index in [2.05, 4.69) is 21.8 Å². The van der Waals surface area contributed by atoms with Crippen molar-refractivity contribution in [1.82, 2.24) is 14.9 Å². The van der Waals surface area contributed by atoms with Gasteiger partial charge in [-0.1, -0.05) is 19.1 Å². The molecule has 5 heteroatoms. The zero-order valence-electron chi connectivity index (χ0n) is 12.6. The largest absolute Gasteiger partial charge is 0.481 e. The predicted molar refractivity (Wildman–Crippen MR) is 82.9 cm³/mol. The first-order valence-corrected chi connectivity index (χ1v) is 7.12. The van der Waals surface area contributed by atoms with Gasteiger partial charge in [-0.05, 0) is 24.2 Å². The van der Waals surface area contributed by atoms with Crippen LogP contribution >= 0.6 is 0 Å². The average Bonchev–Trinajstić information content (AvgIpc) is 2.56. The van der Waals surface area contributed by atoms with Crippen LogP contribution in [0.4, 0.5) is 0 Å². The number of rotatable bonds is 7. The molecule has 2 N–H and O–H groups in total. The molecule has 0 saturated carbocycles. The number of nitrogens with zero attached hydrogens (tertiary/aromatic N) is 3. The van der Waals surface area contributed by atoms with Gasteiger partial charge in [0.2, 0.25) is 5.88 Å². The van der Waals surface area contributed by atoms with Crippen LogP contribution in [0, 0.1) is 0 Å². The molecular formula is C16H22N4O. The molecule has 0 fully saturated rings. The fourth-order valence-electron chi connectivity index (χ4n) is 2.35. The first kappa shape index (κ1) is 15.4. The summed E-state index contributed by atoms with van der Waals surface area (Å²) in [5.74, 6) is 0.613. The molecule has 2 heterocycles. The Kier molecular flexibility index (Phi) is 5.66. The van der Waals surface area contributed by atoms with Crippen molar-refractivity contribution in [3.05, 3.63) is 54.0 Å². The van der Waals surface area contributed by atoms with Gasteiger partial charge in [0.05, 0.1) is 12.8 Å². The van der Waals surface area contributed by atoms with E-state index in [4.69, 9.17) is 10.5 Å². The topological polar surface area (TPSA) is 64.3 Å². The molecule has 1 unspecified atom stereocenters. The smallest absolute Gasteiger partial charge is 0.212 e. The number of aromatic nitrogens is 2. The lowest BCUT2D eigenvalue weighted by Crippen LogP contribution is -2.33. The van der Waals surface area contributed by atoms with E-state index in [0.717, 1.165) is 24.3 Å². The Morgan fingerprint density at radius 2 is 2.10 bits per heavy atom. The molecule has 0 aromatic carbocycles. The number of hydrogen-bond donors (Lipinski definition) is 1. The minimum absolute atomic E-state index is 0.121. The van der Waals surface area contributed by atoms with Gasteiger partial charge in [-0.2, -0.15) is 0 Å². The zero-order valence-corrected chi connectivity index (χ0v) is 12.6. The van der Waals surface area contributed by atoms with Crippen molar-refractivity contribution in [2.75, 3.05) is 20.2 Å². The summed E-state index contributed by atoms with van der Waals surface area (Å²) in [6.45, 7) is 4.33. The zero-order chi connectivity index (χ0) is 15.1. The number of nitrogens with two attached hydrogens (primary N) is 1. The maximum atomic E-state index is 5.98. The van der Waals surface area contributed by atoms with Gasteiger partial charge in [-0.25, -0.2) is 4.98 Å². The second kappa shape index (κ2) is 7.71. The van der Waals surface area contributed by atoms with E-state index in [0.29, 0.717) is 12.4 Å². The van der Waals surface area contributed by atoms with E-state index in [1.165, 1.54) is 0 Å². The third kappa shape index (κ3) is 4.00. The molecule has 0 aliphatic carbocycles. The Morgan fingerprint density at radius 3 is 2.62 bits per heavy atom. The summed E-state index contributed by atoms with van der Waals surface area (Å²) in [5, 5.41) is 0. The molecule has 1 atom stereocenters. The molecule has 2 aromatic heterocycles. The van der Waals surface area contributed by atoms with Gasteiger partial charge in [-0.3, -0.25) is 9.88 Å². The average molecular weight is 286 g/mol. The van der Waals surface area contributed by atoms with Crippen molar-refractivity contribution in [2.24, 2.45) is 5.73 Å². The summed E-state index contributed by atoms with van der Waals surface area (Å²) in [5.41, 5.74) is 8.12. The first-order chi connectivity index (χ1) is 10.3. The third-order valence-corrected chi connectivity index (χ3v) is 3.51. The molecule has 0 saturated heterocycles. The summed E-state index contributed by atoms with van der Waals surface area (Å²) in [4.78, 5) is 11.0. The maximum Gasteiger partial charge on any atom is 0.212 e. The summed E-state index contributed by atoms with van der Waals surface area (Å²) >= 11 is 0. The number of likely N-dealkylation sites (N-methyl/N-ethyl adjacent to an activating group) is 1. The number of ether oxygens (including phenoxy) is 1. The van der Waals surface area contributed by atoms with Crippen molar-refractivity contribution >= 4 is 0 Å². The lowest BCUT2D eigenvalue weighted by Gasteiger charge is -2.29. The van der Waals surface area contributed by atoms with Gasteiger partial charge < -0.3 is 10.5 Å². The molecular weight excluding hydrogens is 264 g/mol. The molecule has 5 nitrogen and oxygen atoms in total. The molecule has 2 aromatic rings. The Labute approximate surface area is 125 Å². The Morgan fingerprint density at radius 1 is 1.24 bits per heavy atom. The highest BCUT2D eigenvalue weighted by Crippen LogP contribution is 2.22. The molecule has 0 radical (unpaired) electrons. The highest BCUT2D eigenvalue weighted by molar-refractivity contribution is 5.21. The molecule has 2 rings (SSSR count). The van der Waals surface area contributed by atoms with Gasteiger partial charge in [0.25, 0.3) is 0 Å². The van der Waals surface area contributed by atoms with E-state index in [1.54, 1.807) is 7.11 Å². The van der Waals surface area contributed by atoms with E-state index in [1.807, 2.05) is 42.7 Å². The third-order valence-electron chi connectivity index (χ3n) is 3.51. The van der Waals surface area contributed by atoms with E-state index in [-0.39, 0.29) is 6.04 Å². The van der Waals surface area contributed by atoms with Gasteiger partial charge in [-0.15, -0.1) is 0 Å². The highest BCUT2D eigenvalue weighted by Gasteiger charge is 2.18. The SMILES string of the molecule is CCN(Cc1ccccn1)C(CN)c1ccc(OC)nc1. The Bertz CT molecular complexity index is 530. The van der Waals surface area contributed by atoms with Gasteiger partial charge >= 0.3 is 0 Å². The quantitative estimate of drug-likeness (QED) is 0.843. The van der Waals surface area contributed by atoms with Crippen LogP contribution in [0.15, 0.2) is 42.7 Å². The van der Waals surface area contributed by atoms with Crippen LogP contribution in [0.5, 0.6) is 5.88 Å². The summed E-state index contributed by atoms with van der Waals surface area (Å²) in [7, 11) is 1.61. The lowest BCUT2D eigenvalue weighted by atomic mass is 10.1. The lowest BCUT2D eigenvalue weighted by molar-refractivity contribution is 0.200. The second-order valence-electron chi connectivity index (χ2n) is 4.77. The van der Waals surface area contributed by atoms with Crippen molar-refractivity contribution in [2.45, 2.75) is 19.5 Å². The van der Waals surface area contributed by atoms with Crippen LogP contribution in [0.2, 0.25) is 0 Å². The summed E-state index contributed by atoms with van der Waals surface area (Å²) in [6, 6.07) is 9.96. The maximum absolute atomic E-state index is 5.98. The van der Waals surface area contributed by atoms with Gasteiger partial charge in [0, 0.05) is 37.6 Å². The van der Waals surface area contributed by atoms with Crippen LogP contribution in [-0.4, -0.2) is 35.1 Å². The van der Waals surface area contributed by atoms with Crippen LogP contribution in [-0.2, 0) is 6.54 Å². The first-order valence-electron chi connectivity index (χ1n) is 7.12. The minimum atomic E-state index is 0.121. The van der Waals surface area contributed by atoms with E-state index in [9.17, 15) is 0 Å². The predicted octanol–water partition coefficient (Wildman–Crippen LogP) is 2.01. The van der Waals surface area contributed by atoms with E-state index >= 15 is 0 Å². The van der Waals surface area contributed by atoms with Gasteiger partial charge in [0.1, 0.15) is 0 Å². The molecule has 0 bridgehead atoms. The molecule has 0 amide bonds. The molecule has 0 aliphatic rings. The molecule has 0 aliphatic heterocycles. The van der Waals surface area contributed by atoms with E-state index < -0.39 is 0 Å². The second-order valence-corrected chi connectivity index (χ2v) is 4.77. The van der Waals surface area contributed by atoms with Crippen LogP contribution in [0.3, 0.4) is 0 Å². The Balaban J connectivity index is 2.16.